The van der Waals surface area contributed by atoms with Crippen LogP contribution in [0.2, 0.25) is 0 Å². The van der Waals surface area contributed by atoms with Crippen molar-refractivity contribution in [2.24, 2.45) is 0 Å². The molecule has 1 saturated carbocycles. The minimum atomic E-state index is -0.783. The lowest BCUT2D eigenvalue weighted by atomic mass is 10.1. The van der Waals surface area contributed by atoms with Gasteiger partial charge < -0.3 is 9.84 Å². The molecule has 0 aromatic carbocycles. The molecule has 1 rings (SSSR count). The Kier molecular flexibility index (Phi) is 4.15. The normalized spacial score (nSPS) is 19.5. The molecule has 0 heterocycles. The highest BCUT2D eigenvalue weighted by molar-refractivity contribution is 5.66. The van der Waals surface area contributed by atoms with E-state index in [1.165, 1.54) is 0 Å². The molecule has 0 radical (unpaired) electrons. The molecule has 1 aliphatic rings. The summed E-state index contributed by atoms with van der Waals surface area (Å²) in [5, 5.41) is 9.92. The van der Waals surface area contributed by atoms with Crippen LogP contribution in [0.4, 0.5) is 4.79 Å². The first kappa shape index (κ1) is 13.3. The van der Waals surface area contributed by atoms with E-state index in [0.29, 0.717) is 0 Å². The first-order valence-electron chi connectivity index (χ1n) is 5.64. The Morgan fingerprint density at radius 3 is 2.44 bits per heavy atom. The van der Waals surface area contributed by atoms with Gasteiger partial charge in [0.2, 0.25) is 0 Å². The van der Waals surface area contributed by atoms with Gasteiger partial charge in [0.1, 0.15) is 12.2 Å². The third kappa shape index (κ3) is 4.81. The van der Waals surface area contributed by atoms with E-state index >= 15 is 0 Å². The van der Waals surface area contributed by atoms with Gasteiger partial charge >= 0.3 is 6.09 Å². The van der Waals surface area contributed by atoms with Gasteiger partial charge in [-0.1, -0.05) is 12.8 Å². The van der Waals surface area contributed by atoms with Gasteiger partial charge in [-0.25, -0.2) is 4.79 Å². The molecule has 2 N–H and O–H groups in total. The summed E-state index contributed by atoms with van der Waals surface area (Å²) < 4.78 is 4.98. The Bertz CT molecular complexity index is 241. The maximum Gasteiger partial charge on any atom is 0.431 e. The number of carbonyl (C=O) groups is 1. The maximum absolute atomic E-state index is 11.2. The SMILES string of the molecule is CC(C)(C)OC(=O)NOCC1(O)CCCC1. The number of hydrogen-bond acceptors (Lipinski definition) is 4. The molecule has 5 nitrogen and oxygen atoms in total. The van der Waals surface area contributed by atoms with Gasteiger partial charge in [0.25, 0.3) is 0 Å². The molecule has 1 amide bonds. The largest absolute Gasteiger partial charge is 0.442 e. The van der Waals surface area contributed by atoms with E-state index in [9.17, 15) is 9.90 Å². The van der Waals surface area contributed by atoms with Crippen LogP contribution >= 0.6 is 0 Å². The first-order chi connectivity index (χ1) is 7.31. The first-order valence-corrected chi connectivity index (χ1v) is 5.64. The molecule has 0 aromatic heterocycles. The molecule has 1 aliphatic carbocycles. The summed E-state index contributed by atoms with van der Waals surface area (Å²) in [6, 6.07) is 0. The second-order valence-electron chi connectivity index (χ2n) is 5.32. The van der Waals surface area contributed by atoms with Crippen molar-refractivity contribution < 1.29 is 19.5 Å². The fraction of sp³-hybridized carbons (Fsp3) is 0.909. The Balaban J connectivity index is 2.18. The van der Waals surface area contributed by atoms with Crippen LogP contribution in [-0.2, 0) is 9.57 Å². The summed E-state index contributed by atoms with van der Waals surface area (Å²) in [4.78, 5) is 16.2. The van der Waals surface area contributed by atoms with Gasteiger partial charge in [0.15, 0.2) is 0 Å². The highest BCUT2D eigenvalue weighted by Gasteiger charge is 2.31. The van der Waals surface area contributed by atoms with Gasteiger partial charge in [-0.2, -0.15) is 5.48 Å². The average Bonchev–Trinajstić information content (AvgIpc) is 2.49. The lowest BCUT2D eigenvalue weighted by Gasteiger charge is -2.23. The molecule has 0 aromatic rings. The minimum Gasteiger partial charge on any atom is -0.442 e. The van der Waals surface area contributed by atoms with Crippen LogP contribution in [0.25, 0.3) is 0 Å². The highest BCUT2D eigenvalue weighted by atomic mass is 16.7. The van der Waals surface area contributed by atoms with Crippen molar-refractivity contribution in [2.45, 2.75) is 57.7 Å². The molecule has 0 aliphatic heterocycles. The zero-order chi connectivity index (χ0) is 12.2. The smallest absolute Gasteiger partial charge is 0.431 e. The fourth-order valence-electron chi connectivity index (χ4n) is 1.71. The van der Waals surface area contributed by atoms with Gasteiger partial charge in [-0.15, -0.1) is 0 Å². The lowest BCUT2D eigenvalue weighted by molar-refractivity contribution is -0.0786. The molecule has 1 fully saturated rings. The van der Waals surface area contributed by atoms with Crippen LogP contribution in [0, 0.1) is 0 Å². The third-order valence-electron chi connectivity index (χ3n) is 2.43. The summed E-state index contributed by atoms with van der Waals surface area (Å²) in [6.45, 7) is 5.44. The minimum absolute atomic E-state index is 0.117. The zero-order valence-corrected chi connectivity index (χ0v) is 10.2. The summed E-state index contributed by atoms with van der Waals surface area (Å²) in [6.07, 6.45) is 2.83. The zero-order valence-electron chi connectivity index (χ0n) is 10.2. The molecular formula is C11H21NO4. The molecule has 0 saturated heterocycles. The van der Waals surface area contributed by atoms with E-state index in [0.717, 1.165) is 25.7 Å². The van der Waals surface area contributed by atoms with E-state index in [4.69, 9.17) is 9.57 Å². The standard InChI is InChI=1S/C11H21NO4/c1-10(2,3)16-9(13)12-15-8-11(14)6-4-5-7-11/h14H,4-8H2,1-3H3,(H,12,13). The van der Waals surface area contributed by atoms with E-state index in [1.807, 2.05) is 0 Å². The molecular weight excluding hydrogens is 210 g/mol. The fourth-order valence-corrected chi connectivity index (χ4v) is 1.71. The second kappa shape index (κ2) is 5.01. The topological polar surface area (TPSA) is 67.8 Å². The number of rotatable bonds is 3. The second-order valence-corrected chi connectivity index (χ2v) is 5.32. The molecule has 0 atom stereocenters. The van der Waals surface area contributed by atoms with Crippen molar-refractivity contribution in [3.63, 3.8) is 0 Å². The summed E-state index contributed by atoms with van der Waals surface area (Å²) in [7, 11) is 0. The summed E-state index contributed by atoms with van der Waals surface area (Å²) in [5.74, 6) is 0. The lowest BCUT2D eigenvalue weighted by Crippen LogP contribution is -2.38. The predicted octanol–water partition coefficient (Wildman–Crippen LogP) is 1.75. The van der Waals surface area contributed by atoms with Crippen LogP contribution in [0.3, 0.4) is 0 Å². The number of nitrogens with one attached hydrogen (secondary N) is 1. The van der Waals surface area contributed by atoms with E-state index in [1.54, 1.807) is 20.8 Å². The number of carbonyl (C=O) groups excluding carboxylic acids is 1. The quantitative estimate of drug-likeness (QED) is 0.726. The van der Waals surface area contributed by atoms with Crippen molar-refractivity contribution in [3.8, 4) is 0 Å². The number of hydrogen-bond donors (Lipinski definition) is 2. The van der Waals surface area contributed by atoms with Gasteiger partial charge in [-0.05, 0) is 33.6 Å². The van der Waals surface area contributed by atoms with Gasteiger partial charge in [0, 0.05) is 0 Å². The van der Waals surface area contributed by atoms with Crippen molar-refractivity contribution in [2.75, 3.05) is 6.61 Å². The molecule has 16 heavy (non-hydrogen) atoms. The van der Waals surface area contributed by atoms with Crippen LogP contribution < -0.4 is 5.48 Å². The molecule has 0 unspecified atom stereocenters. The van der Waals surface area contributed by atoms with Crippen LogP contribution in [0.15, 0.2) is 0 Å². The van der Waals surface area contributed by atoms with Crippen molar-refractivity contribution in [1.29, 1.82) is 0 Å². The molecule has 0 spiro atoms. The summed E-state index contributed by atoms with van der Waals surface area (Å²) in [5.41, 5.74) is 0.843. The van der Waals surface area contributed by atoms with Gasteiger partial charge in [-0.3, -0.25) is 4.84 Å². The molecule has 0 bridgehead atoms. The number of amides is 1. The Morgan fingerprint density at radius 2 is 1.94 bits per heavy atom. The third-order valence-corrected chi connectivity index (χ3v) is 2.43. The maximum atomic E-state index is 11.2. The summed E-state index contributed by atoms with van der Waals surface area (Å²) >= 11 is 0. The van der Waals surface area contributed by atoms with Crippen molar-refractivity contribution in [3.05, 3.63) is 0 Å². The highest BCUT2D eigenvalue weighted by Crippen LogP contribution is 2.29. The average molecular weight is 231 g/mol. The Hall–Kier alpha value is -0.810. The predicted molar refractivity (Wildman–Crippen MR) is 58.7 cm³/mol. The van der Waals surface area contributed by atoms with Gasteiger partial charge in [0.05, 0.1) is 5.60 Å². The Labute approximate surface area is 96.1 Å². The van der Waals surface area contributed by atoms with E-state index in [2.05, 4.69) is 5.48 Å². The Morgan fingerprint density at radius 1 is 1.38 bits per heavy atom. The number of ether oxygens (including phenoxy) is 1. The number of hydroxylamine groups is 1. The van der Waals surface area contributed by atoms with E-state index in [-0.39, 0.29) is 6.61 Å². The van der Waals surface area contributed by atoms with Crippen molar-refractivity contribution >= 4 is 6.09 Å². The van der Waals surface area contributed by atoms with Crippen LogP contribution in [0.5, 0.6) is 0 Å². The molecule has 94 valence electrons. The van der Waals surface area contributed by atoms with Crippen molar-refractivity contribution in [1.82, 2.24) is 5.48 Å². The monoisotopic (exact) mass is 231 g/mol. The number of aliphatic hydroxyl groups is 1. The van der Waals surface area contributed by atoms with E-state index < -0.39 is 17.3 Å². The van der Waals surface area contributed by atoms with Crippen LogP contribution in [-0.4, -0.2) is 29.0 Å². The molecule has 5 heteroatoms. The van der Waals surface area contributed by atoms with Crippen LogP contribution in [0.1, 0.15) is 46.5 Å².